The summed E-state index contributed by atoms with van der Waals surface area (Å²) in [6.07, 6.45) is 7.77. The molecule has 2 spiro atoms. The first kappa shape index (κ1) is 29.2. The molecule has 0 radical (unpaired) electrons. The maximum Gasteiger partial charge on any atom is 0.219 e. The number of aliphatic hydroxyl groups is 2. The van der Waals surface area contributed by atoms with Gasteiger partial charge in [-0.2, -0.15) is 0 Å². The van der Waals surface area contributed by atoms with Crippen molar-refractivity contribution in [3.05, 3.63) is 35.6 Å². The molecule has 1 amide bonds. The molecule has 7 rings (SSSR count). The Labute approximate surface area is 251 Å². The molecule has 6 heteroatoms. The van der Waals surface area contributed by atoms with Gasteiger partial charge in [0.1, 0.15) is 5.82 Å². The lowest BCUT2D eigenvalue weighted by molar-refractivity contribution is -0.182. The second-order valence-corrected chi connectivity index (χ2v) is 16.7. The highest BCUT2D eigenvalue weighted by molar-refractivity contribution is 5.73. The van der Waals surface area contributed by atoms with Gasteiger partial charge in [0.2, 0.25) is 5.91 Å². The number of aliphatic hydroxyl groups excluding tert-OH is 2. The quantitative estimate of drug-likeness (QED) is 0.435. The summed E-state index contributed by atoms with van der Waals surface area (Å²) in [4.78, 5) is 14.5. The molecule has 1 saturated heterocycles. The fraction of sp³-hybridized carbons (Fsp3) is 0.806. The van der Waals surface area contributed by atoms with E-state index < -0.39 is 6.10 Å². The van der Waals surface area contributed by atoms with Crippen molar-refractivity contribution in [3.8, 4) is 0 Å². The second-order valence-electron chi connectivity index (χ2n) is 16.7. The molecule has 1 aromatic carbocycles. The fourth-order valence-corrected chi connectivity index (χ4v) is 12.9. The van der Waals surface area contributed by atoms with Gasteiger partial charge < -0.3 is 19.8 Å². The molecule has 12 atom stereocenters. The van der Waals surface area contributed by atoms with E-state index in [1.54, 1.807) is 19.1 Å². The molecule has 42 heavy (non-hydrogen) atoms. The number of nitrogens with zero attached hydrogens (tertiary/aromatic N) is 1. The van der Waals surface area contributed by atoms with Crippen molar-refractivity contribution in [3.63, 3.8) is 0 Å². The zero-order chi connectivity index (χ0) is 30.0. The number of carbonyl (C=O) groups excluding carboxylic acids is 1. The minimum absolute atomic E-state index is 0.00603. The van der Waals surface area contributed by atoms with Crippen LogP contribution < -0.4 is 0 Å². The van der Waals surface area contributed by atoms with Crippen LogP contribution >= 0.6 is 0 Å². The van der Waals surface area contributed by atoms with Crippen LogP contribution in [0.2, 0.25) is 0 Å². The Kier molecular flexibility index (Phi) is 6.45. The largest absolute Gasteiger partial charge is 0.393 e. The summed E-state index contributed by atoms with van der Waals surface area (Å²) in [5, 5.41) is 23.4. The SMILES string of the molecule is CC(=O)N(Cc1ccc(F)cc1)CC1C[C@@H](C)[C@H]2C(O1)[C@H](O)[C@@]1(C)C3CC[C@H]4C(C)(C)C(O)CC[C@@]45C[C@@]35CC[C@]21C. The minimum atomic E-state index is -0.529. The summed E-state index contributed by atoms with van der Waals surface area (Å²) in [5.74, 6) is 1.43. The van der Waals surface area contributed by atoms with Gasteiger partial charge in [0.25, 0.3) is 0 Å². The summed E-state index contributed by atoms with van der Waals surface area (Å²) in [7, 11) is 0. The summed E-state index contributed by atoms with van der Waals surface area (Å²) < 4.78 is 20.4. The van der Waals surface area contributed by atoms with Gasteiger partial charge in [-0.05, 0) is 114 Å². The van der Waals surface area contributed by atoms with Crippen LogP contribution in [0.1, 0.15) is 98.5 Å². The van der Waals surface area contributed by atoms with Gasteiger partial charge in [0, 0.05) is 25.4 Å². The Morgan fingerprint density at radius 3 is 2.36 bits per heavy atom. The van der Waals surface area contributed by atoms with Crippen LogP contribution in [-0.2, 0) is 16.1 Å². The maximum absolute atomic E-state index is 13.5. The molecule has 2 N–H and O–H groups in total. The maximum atomic E-state index is 13.5. The first-order valence-electron chi connectivity index (χ1n) is 16.7. The Morgan fingerprint density at radius 2 is 1.67 bits per heavy atom. The normalized spacial score (nSPS) is 50.0. The third-order valence-electron chi connectivity index (χ3n) is 15.0. The van der Waals surface area contributed by atoms with E-state index in [1.807, 2.05) is 4.90 Å². The average Bonchev–Trinajstić information content (AvgIpc) is 3.57. The van der Waals surface area contributed by atoms with Gasteiger partial charge in [-0.25, -0.2) is 4.39 Å². The van der Waals surface area contributed by atoms with Crippen LogP contribution in [0.4, 0.5) is 4.39 Å². The van der Waals surface area contributed by atoms with Crippen LogP contribution in [0.15, 0.2) is 24.3 Å². The van der Waals surface area contributed by atoms with Gasteiger partial charge in [-0.3, -0.25) is 4.79 Å². The lowest BCUT2D eigenvalue weighted by atomic mass is 9.41. The van der Waals surface area contributed by atoms with E-state index in [0.29, 0.717) is 47.6 Å². The van der Waals surface area contributed by atoms with Gasteiger partial charge in [-0.1, -0.05) is 46.8 Å². The van der Waals surface area contributed by atoms with E-state index >= 15 is 0 Å². The predicted octanol–water partition coefficient (Wildman–Crippen LogP) is 6.35. The molecule has 0 bridgehead atoms. The van der Waals surface area contributed by atoms with Gasteiger partial charge >= 0.3 is 0 Å². The lowest BCUT2D eigenvalue weighted by Crippen LogP contribution is -2.59. The molecule has 1 aliphatic heterocycles. The number of amides is 1. The van der Waals surface area contributed by atoms with E-state index in [-0.39, 0.29) is 46.3 Å². The standard InChI is InChI=1S/C36H52FNO4/c1-21-17-25(19-38(22(2)39)18-23-7-9-24(37)10-8-23)42-30-29(21)33(5)15-16-36-20-35(36)14-13-28(40)32(3,4)26(35)11-12-27(36)34(33,6)31(30)41/h7-10,21,25-31,40-41H,11-20H2,1-6H3/t21-,25?,26+,27?,28?,29+,30?,31+,33-,34-,35-,36+/m1/s1. The first-order valence-corrected chi connectivity index (χ1v) is 16.7. The molecule has 6 aliphatic rings. The number of carbonyl (C=O) groups is 1. The van der Waals surface area contributed by atoms with Crippen molar-refractivity contribution < 1.29 is 24.1 Å². The molecule has 6 fully saturated rings. The molecule has 0 aromatic heterocycles. The Balaban J connectivity index is 1.15. The average molecular weight is 582 g/mol. The Morgan fingerprint density at radius 1 is 1.00 bits per heavy atom. The third kappa shape index (κ3) is 3.61. The minimum Gasteiger partial charge on any atom is -0.393 e. The predicted molar refractivity (Wildman–Crippen MR) is 160 cm³/mol. The highest BCUT2D eigenvalue weighted by Crippen LogP contribution is 2.89. The van der Waals surface area contributed by atoms with E-state index in [4.69, 9.17) is 4.74 Å². The zero-order valence-electron chi connectivity index (χ0n) is 26.5. The number of benzene rings is 1. The number of hydrogen-bond donors (Lipinski definition) is 2. The number of ether oxygens (including phenoxy) is 1. The molecular weight excluding hydrogens is 529 g/mol. The smallest absolute Gasteiger partial charge is 0.219 e. The summed E-state index contributed by atoms with van der Waals surface area (Å²) in [6.45, 7) is 14.3. The van der Waals surface area contributed by atoms with E-state index in [1.165, 1.54) is 25.0 Å². The first-order chi connectivity index (χ1) is 19.7. The summed E-state index contributed by atoms with van der Waals surface area (Å²) in [5.41, 5.74) is 1.27. The molecule has 1 aromatic rings. The zero-order valence-corrected chi connectivity index (χ0v) is 26.5. The third-order valence-corrected chi connectivity index (χ3v) is 15.0. The lowest BCUT2D eigenvalue weighted by Gasteiger charge is -2.63. The highest BCUT2D eigenvalue weighted by atomic mass is 19.1. The van der Waals surface area contributed by atoms with Crippen molar-refractivity contribution in [1.29, 1.82) is 0 Å². The van der Waals surface area contributed by atoms with Crippen molar-refractivity contribution in [1.82, 2.24) is 4.90 Å². The van der Waals surface area contributed by atoms with Crippen molar-refractivity contribution >= 4 is 5.91 Å². The fourth-order valence-electron chi connectivity index (χ4n) is 12.9. The second kappa shape index (κ2) is 9.26. The van der Waals surface area contributed by atoms with Gasteiger partial charge in [-0.15, -0.1) is 0 Å². The van der Waals surface area contributed by atoms with Crippen molar-refractivity contribution in [2.75, 3.05) is 6.54 Å². The molecule has 5 aliphatic carbocycles. The summed E-state index contributed by atoms with van der Waals surface area (Å²) >= 11 is 0. The van der Waals surface area contributed by atoms with Crippen LogP contribution in [0.5, 0.6) is 0 Å². The van der Waals surface area contributed by atoms with E-state index in [9.17, 15) is 19.4 Å². The monoisotopic (exact) mass is 581 g/mol. The summed E-state index contributed by atoms with van der Waals surface area (Å²) in [6, 6.07) is 6.36. The van der Waals surface area contributed by atoms with Crippen LogP contribution in [-0.4, -0.2) is 52.0 Å². The van der Waals surface area contributed by atoms with Crippen molar-refractivity contribution in [2.24, 2.45) is 50.7 Å². The van der Waals surface area contributed by atoms with Crippen LogP contribution in [0, 0.1) is 56.6 Å². The highest BCUT2D eigenvalue weighted by Gasteiger charge is 2.84. The van der Waals surface area contributed by atoms with Crippen LogP contribution in [0.25, 0.3) is 0 Å². The van der Waals surface area contributed by atoms with Crippen LogP contribution in [0.3, 0.4) is 0 Å². The van der Waals surface area contributed by atoms with E-state index in [0.717, 1.165) is 44.1 Å². The molecule has 5 nitrogen and oxygen atoms in total. The van der Waals surface area contributed by atoms with Crippen molar-refractivity contribution in [2.45, 2.75) is 124 Å². The number of hydrogen-bond acceptors (Lipinski definition) is 4. The number of rotatable bonds is 4. The molecule has 1 heterocycles. The molecule has 4 unspecified atom stereocenters. The number of halogens is 1. The molecular formula is C36H52FNO4. The van der Waals surface area contributed by atoms with Gasteiger partial charge in [0.05, 0.1) is 24.4 Å². The molecule has 5 saturated carbocycles. The number of fused-ring (bicyclic) bond motifs is 4. The Hall–Kier alpha value is -1.50. The van der Waals surface area contributed by atoms with Gasteiger partial charge in [0.15, 0.2) is 0 Å². The Bertz CT molecular complexity index is 1250. The topological polar surface area (TPSA) is 70.0 Å². The van der Waals surface area contributed by atoms with E-state index in [2.05, 4.69) is 34.6 Å². The molecule has 232 valence electrons.